The van der Waals surface area contributed by atoms with Crippen LogP contribution in [0.15, 0.2) is 23.8 Å². The van der Waals surface area contributed by atoms with E-state index in [2.05, 4.69) is 0 Å². The second-order valence-corrected chi connectivity index (χ2v) is 3.37. The van der Waals surface area contributed by atoms with Gasteiger partial charge in [-0.25, -0.2) is 0 Å². The van der Waals surface area contributed by atoms with Gasteiger partial charge in [-0.2, -0.15) is 5.26 Å². The number of ether oxygens (including phenoxy) is 1. The lowest BCUT2D eigenvalue weighted by atomic mass is 10.1. The van der Waals surface area contributed by atoms with E-state index < -0.39 is 0 Å². The van der Waals surface area contributed by atoms with Crippen molar-refractivity contribution >= 4 is 23.3 Å². The highest BCUT2D eigenvalue weighted by atomic mass is 32.1. The third kappa shape index (κ3) is 2.49. The molecule has 82 valence electrons. The predicted molar refractivity (Wildman–Crippen MR) is 65.0 cm³/mol. The number of thiocarbonyl (C=S) groups is 1. The van der Waals surface area contributed by atoms with Crippen molar-refractivity contribution < 1.29 is 9.84 Å². The molecule has 0 unspecified atom stereocenters. The molecule has 1 rings (SSSR count). The molecule has 0 fully saturated rings. The van der Waals surface area contributed by atoms with E-state index in [4.69, 9.17) is 28.0 Å². The Kier molecular flexibility index (Phi) is 3.86. The van der Waals surface area contributed by atoms with Gasteiger partial charge in [-0.05, 0) is 12.1 Å². The number of rotatable bonds is 3. The van der Waals surface area contributed by atoms with Crippen molar-refractivity contribution in [3.05, 3.63) is 29.3 Å². The minimum atomic E-state index is -0.0472. The quantitative estimate of drug-likeness (QED) is 0.471. The highest BCUT2D eigenvalue weighted by molar-refractivity contribution is 7.80. The fourth-order valence-electron chi connectivity index (χ4n) is 1.13. The van der Waals surface area contributed by atoms with E-state index in [1.165, 1.54) is 13.2 Å². The van der Waals surface area contributed by atoms with Gasteiger partial charge in [0.15, 0.2) is 11.5 Å². The maximum atomic E-state index is 9.75. The lowest BCUT2D eigenvalue weighted by Crippen LogP contribution is -2.09. The Bertz CT molecular complexity index is 489. The minimum absolute atomic E-state index is 0.00952. The van der Waals surface area contributed by atoms with Crippen molar-refractivity contribution in [2.75, 3.05) is 7.11 Å². The van der Waals surface area contributed by atoms with Gasteiger partial charge in [0.2, 0.25) is 0 Å². The molecular weight excluding hydrogens is 224 g/mol. The van der Waals surface area contributed by atoms with Crippen LogP contribution in [0, 0.1) is 11.3 Å². The van der Waals surface area contributed by atoms with E-state index in [0.717, 1.165) is 0 Å². The highest BCUT2D eigenvalue weighted by Crippen LogP contribution is 2.30. The molecule has 0 aliphatic carbocycles. The topological polar surface area (TPSA) is 79.3 Å². The van der Waals surface area contributed by atoms with Gasteiger partial charge in [-0.1, -0.05) is 24.4 Å². The van der Waals surface area contributed by atoms with Crippen LogP contribution < -0.4 is 10.5 Å². The van der Waals surface area contributed by atoms with Crippen LogP contribution in [0.25, 0.3) is 6.08 Å². The summed E-state index contributed by atoms with van der Waals surface area (Å²) in [5.74, 6) is 0.281. The molecule has 0 saturated carbocycles. The van der Waals surface area contributed by atoms with Gasteiger partial charge in [-0.3, -0.25) is 0 Å². The molecule has 0 atom stereocenters. The van der Waals surface area contributed by atoms with Crippen molar-refractivity contribution in [2.24, 2.45) is 5.73 Å². The number of nitriles is 1. The summed E-state index contributed by atoms with van der Waals surface area (Å²) in [4.78, 5) is -0.00952. The molecule has 0 spiro atoms. The van der Waals surface area contributed by atoms with Crippen molar-refractivity contribution in [2.45, 2.75) is 0 Å². The predicted octanol–water partition coefficient (Wildman–Crippen LogP) is 1.59. The summed E-state index contributed by atoms with van der Waals surface area (Å²) >= 11 is 4.69. The molecule has 1 aromatic carbocycles. The Morgan fingerprint density at radius 1 is 1.62 bits per heavy atom. The van der Waals surface area contributed by atoms with Crippen LogP contribution in [0.3, 0.4) is 0 Å². The molecule has 3 N–H and O–H groups in total. The Balaban J connectivity index is 3.25. The fourth-order valence-corrected chi connectivity index (χ4v) is 1.24. The van der Waals surface area contributed by atoms with E-state index in [-0.39, 0.29) is 16.3 Å². The third-order valence-corrected chi connectivity index (χ3v) is 2.16. The molecule has 0 radical (unpaired) electrons. The zero-order valence-electron chi connectivity index (χ0n) is 8.60. The van der Waals surface area contributed by atoms with Gasteiger partial charge in [0.1, 0.15) is 11.1 Å². The fraction of sp³-hybridized carbons (Fsp3) is 0.0909. The SMILES string of the molecule is COc1cccc(/C=C(\C#N)C(N)=S)c1O. The summed E-state index contributed by atoms with van der Waals surface area (Å²) in [6.07, 6.45) is 1.42. The Morgan fingerprint density at radius 2 is 2.31 bits per heavy atom. The van der Waals surface area contributed by atoms with E-state index in [1.54, 1.807) is 18.2 Å². The molecule has 0 aromatic heterocycles. The number of aromatic hydroxyl groups is 1. The summed E-state index contributed by atoms with van der Waals surface area (Å²) in [5, 5.41) is 18.5. The smallest absolute Gasteiger partial charge is 0.165 e. The minimum Gasteiger partial charge on any atom is -0.504 e. The van der Waals surface area contributed by atoms with Crippen LogP contribution in [0.1, 0.15) is 5.56 Å². The normalized spacial score (nSPS) is 10.6. The summed E-state index contributed by atoms with van der Waals surface area (Å²) in [5.41, 5.74) is 5.91. The molecular formula is C11H10N2O2S. The van der Waals surface area contributed by atoms with E-state index in [9.17, 15) is 5.11 Å². The second kappa shape index (κ2) is 5.14. The van der Waals surface area contributed by atoms with Gasteiger partial charge < -0.3 is 15.6 Å². The van der Waals surface area contributed by atoms with Crippen molar-refractivity contribution in [3.8, 4) is 17.6 Å². The number of benzene rings is 1. The molecule has 0 saturated heterocycles. The lowest BCUT2D eigenvalue weighted by molar-refractivity contribution is 0.373. The van der Waals surface area contributed by atoms with E-state index in [1.807, 2.05) is 6.07 Å². The third-order valence-electron chi connectivity index (χ3n) is 1.94. The maximum absolute atomic E-state index is 9.75. The monoisotopic (exact) mass is 234 g/mol. The first-order chi connectivity index (χ1) is 7.60. The molecule has 0 aliphatic rings. The summed E-state index contributed by atoms with van der Waals surface area (Å²) in [7, 11) is 1.45. The number of phenolic OH excluding ortho intramolecular Hbond substituents is 1. The number of hydrogen-bond acceptors (Lipinski definition) is 4. The average molecular weight is 234 g/mol. The van der Waals surface area contributed by atoms with Gasteiger partial charge in [0, 0.05) is 5.56 Å². The summed E-state index contributed by atoms with van der Waals surface area (Å²) < 4.78 is 4.94. The zero-order valence-corrected chi connectivity index (χ0v) is 9.41. The van der Waals surface area contributed by atoms with Crippen LogP contribution in [-0.2, 0) is 0 Å². The van der Waals surface area contributed by atoms with Gasteiger partial charge in [0.05, 0.1) is 12.7 Å². The van der Waals surface area contributed by atoms with Gasteiger partial charge >= 0.3 is 0 Å². The number of nitrogens with zero attached hydrogens (tertiary/aromatic N) is 1. The first-order valence-corrected chi connectivity index (χ1v) is 4.78. The standard InChI is InChI=1S/C11H10N2O2S/c1-15-9-4-2-3-7(10(9)14)5-8(6-12)11(13)16/h2-5,14H,1H3,(H2,13,16)/b8-5+. The number of nitrogens with two attached hydrogens (primary N) is 1. The molecule has 5 heteroatoms. The van der Waals surface area contributed by atoms with Crippen molar-refractivity contribution in [1.82, 2.24) is 0 Å². The largest absolute Gasteiger partial charge is 0.504 e. The van der Waals surface area contributed by atoms with E-state index >= 15 is 0 Å². The molecule has 1 aromatic rings. The second-order valence-electron chi connectivity index (χ2n) is 2.93. The van der Waals surface area contributed by atoms with Crippen LogP contribution in [0.5, 0.6) is 11.5 Å². The summed E-state index contributed by atoms with van der Waals surface area (Å²) in [6.45, 7) is 0. The molecule has 0 amide bonds. The maximum Gasteiger partial charge on any atom is 0.165 e. The van der Waals surface area contributed by atoms with E-state index in [0.29, 0.717) is 11.3 Å². The molecule has 0 aliphatic heterocycles. The van der Waals surface area contributed by atoms with Crippen LogP contribution in [-0.4, -0.2) is 17.2 Å². The Labute approximate surface area is 98.6 Å². The molecule has 4 nitrogen and oxygen atoms in total. The molecule has 0 heterocycles. The Morgan fingerprint density at radius 3 is 2.81 bits per heavy atom. The lowest BCUT2D eigenvalue weighted by Gasteiger charge is -2.05. The first kappa shape index (κ1) is 12.0. The average Bonchev–Trinajstić information content (AvgIpc) is 2.27. The number of phenols is 1. The van der Waals surface area contributed by atoms with Crippen molar-refractivity contribution in [3.63, 3.8) is 0 Å². The van der Waals surface area contributed by atoms with Crippen LogP contribution >= 0.6 is 12.2 Å². The molecule has 16 heavy (non-hydrogen) atoms. The van der Waals surface area contributed by atoms with Gasteiger partial charge in [0.25, 0.3) is 0 Å². The molecule has 0 bridgehead atoms. The highest BCUT2D eigenvalue weighted by Gasteiger charge is 2.07. The number of hydrogen-bond donors (Lipinski definition) is 2. The summed E-state index contributed by atoms with van der Waals surface area (Å²) in [6, 6.07) is 6.79. The Hall–Kier alpha value is -2.06. The van der Waals surface area contributed by atoms with Gasteiger partial charge in [-0.15, -0.1) is 0 Å². The number of methoxy groups -OCH3 is 1. The first-order valence-electron chi connectivity index (χ1n) is 4.37. The van der Waals surface area contributed by atoms with Crippen molar-refractivity contribution in [1.29, 1.82) is 5.26 Å². The van der Waals surface area contributed by atoms with Crippen LogP contribution in [0.2, 0.25) is 0 Å². The van der Waals surface area contributed by atoms with Crippen LogP contribution in [0.4, 0.5) is 0 Å². The number of para-hydroxylation sites is 1. The zero-order chi connectivity index (χ0) is 12.1.